The molecule has 0 aliphatic carbocycles. The van der Waals surface area contributed by atoms with Gasteiger partial charge in [-0.2, -0.15) is 0 Å². The Morgan fingerprint density at radius 2 is 1.72 bits per heavy atom. The molecule has 1 aromatic heterocycles. The van der Waals surface area contributed by atoms with Crippen LogP contribution in [0.15, 0.2) is 71.7 Å². The van der Waals surface area contributed by atoms with Gasteiger partial charge in [0.15, 0.2) is 0 Å². The van der Waals surface area contributed by atoms with E-state index in [2.05, 4.69) is 5.32 Å². The van der Waals surface area contributed by atoms with Crippen LogP contribution in [0.25, 0.3) is 5.69 Å². The van der Waals surface area contributed by atoms with E-state index in [9.17, 15) is 18.4 Å². The molecule has 4 nitrogen and oxygen atoms in total. The molecule has 0 atom stereocenters. The van der Waals surface area contributed by atoms with E-state index >= 15 is 0 Å². The maximum absolute atomic E-state index is 13.2. The second-order valence-corrected chi connectivity index (χ2v) is 5.42. The summed E-state index contributed by atoms with van der Waals surface area (Å²) in [5.41, 5.74) is 1.00. The number of halogens is 2. The first-order valence-electron chi connectivity index (χ1n) is 7.54. The number of carbonyl (C=O) groups excluding carboxylic acids is 1. The number of nitrogens with zero attached hydrogens (tertiary/aromatic N) is 1. The van der Waals surface area contributed by atoms with E-state index in [4.69, 9.17) is 0 Å². The van der Waals surface area contributed by atoms with Gasteiger partial charge in [0.25, 0.3) is 11.5 Å². The molecule has 0 fully saturated rings. The Hall–Kier alpha value is -3.28. The molecule has 0 radical (unpaired) electrons. The van der Waals surface area contributed by atoms with Crippen LogP contribution in [-0.2, 0) is 6.54 Å². The zero-order valence-corrected chi connectivity index (χ0v) is 13.1. The number of hydrogen-bond acceptors (Lipinski definition) is 2. The Balaban J connectivity index is 1.80. The van der Waals surface area contributed by atoms with Crippen molar-refractivity contribution in [3.8, 4) is 5.69 Å². The van der Waals surface area contributed by atoms with Crippen molar-refractivity contribution in [3.05, 3.63) is 100.0 Å². The van der Waals surface area contributed by atoms with Gasteiger partial charge in [-0.25, -0.2) is 8.78 Å². The van der Waals surface area contributed by atoms with Gasteiger partial charge in [0.05, 0.1) is 5.56 Å². The highest BCUT2D eigenvalue weighted by Crippen LogP contribution is 2.09. The van der Waals surface area contributed by atoms with E-state index in [0.29, 0.717) is 11.3 Å². The second-order valence-electron chi connectivity index (χ2n) is 5.42. The van der Waals surface area contributed by atoms with Crippen molar-refractivity contribution in [2.75, 3.05) is 0 Å². The van der Waals surface area contributed by atoms with E-state index in [1.165, 1.54) is 59.3 Å². The van der Waals surface area contributed by atoms with E-state index in [-0.39, 0.29) is 23.5 Å². The van der Waals surface area contributed by atoms with E-state index < -0.39 is 11.7 Å². The molecule has 0 bridgehead atoms. The Morgan fingerprint density at radius 1 is 0.960 bits per heavy atom. The zero-order chi connectivity index (χ0) is 17.8. The maximum Gasteiger partial charge on any atom is 0.255 e. The highest BCUT2D eigenvalue weighted by molar-refractivity contribution is 5.93. The Kier molecular flexibility index (Phi) is 4.70. The first-order valence-corrected chi connectivity index (χ1v) is 7.54. The van der Waals surface area contributed by atoms with Crippen molar-refractivity contribution >= 4 is 5.91 Å². The number of pyridine rings is 1. The molecule has 6 heteroatoms. The average Bonchev–Trinajstić information content (AvgIpc) is 2.61. The van der Waals surface area contributed by atoms with Crippen LogP contribution in [-0.4, -0.2) is 10.5 Å². The number of hydrogen-bond donors (Lipinski definition) is 1. The first-order chi connectivity index (χ1) is 12.0. The third-order valence-corrected chi connectivity index (χ3v) is 3.62. The van der Waals surface area contributed by atoms with Crippen molar-refractivity contribution in [1.82, 2.24) is 9.88 Å². The van der Waals surface area contributed by atoms with Gasteiger partial charge in [0, 0.05) is 24.5 Å². The van der Waals surface area contributed by atoms with Crippen LogP contribution < -0.4 is 10.9 Å². The van der Waals surface area contributed by atoms with Gasteiger partial charge in [-0.1, -0.05) is 12.1 Å². The molecule has 3 aromatic rings. The molecule has 1 heterocycles. The highest BCUT2D eigenvalue weighted by atomic mass is 19.1. The Morgan fingerprint density at radius 3 is 2.44 bits per heavy atom. The van der Waals surface area contributed by atoms with Crippen LogP contribution in [0, 0.1) is 11.6 Å². The predicted octanol–water partition coefficient (Wildman–Crippen LogP) is 3.05. The molecule has 0 aliphatic rings. The molecule has 2 aromatic carbocycles. The fraction of sp³-hybridized carbons (Fsp3) is 0.0526. The minimum Gasteiger partial charge on any atom is -0.348 e. The molecule has 0 spiro atoms. The van der Waals surface area contributed by atoms with Crippen molar-refractivity contribution in [1.29, 1.82) is 0 Å². The monoisotopic (exact) mass is 340 g/mol. The van der Waals surface area contributed by atoms with Gasteiger partial charge in [-0.05, 0) is 48.0 Å². The molecule has 3 rings (SSSR count). The van der Waals surface area contributed by atoms with Crippen LogP contribution >= 0.6 is 0 Å². The minimum atomic E-state index is -0.416. The SMILES string of the molecule is O=C(NCc1cccc(F)c1)c1ccc(=O)n(-c2ccc(F)cc2)c1. The number of benzene rings is 2. The summed E-state index contributed by atoms with van der Waals surface area (Å²) in [5, 5.41) is 2.67. The molecule has 1 N–H and O–H groups in total. The quantitative estimate of drug-likeness (QED) is 0.794. The number of rotatable bonds is 4. The summed E-state index contributed by atoms with van der Waals surface area (Å²) >= 11 is 0. The fourth-order valence-electron chi connectivity index (χ4n) is 2.36. The van der Waals surface area contributed by atoms with Gasteiger partial charge in [-0.3, -0.25) is 14.2 Å². The third kappa shape index (κ3) is 3.98. The van der Waals surface area contributed by atoms with Crippen LogP contribution in [0.5, 0.6) is 0 Å². The molecule has 25 heavy (non-hydrogen) atoms. The molecule has 0 aliphatic heterocycles. The van der Waals surface area contributed by atoms with Crippen molar-refractivity contribution in [2.45, 2.75) is 6.54 Å². The second kappa shape index (κ2) is 7.09. The summed E-state index contributed by atoms with van der Waals surface area (Å²) in [5.74, 6) is -1.20. The molecule has 0 saturated carbocycles. The summed E-state index contributed by atoms with van der Waals surface area (Å²) in [7, 11) is 0. The van der Waals surface area contributed by atoms with Crippen molar-refractivity contribution in [2.24, 2.45) is 0 Å². The van der Waals surface area contributed by atoms with Crippen LogP contribution in [0.1, 0.15) is 15.9 Å². The number of nitrogens with one attached hydrogen (secondary N) is 1. The standard InChI is InChI=1S/C19H14F2N2O2/c20-15-5-7-17(8-6-15)23-12-14(4-9-18(23)24)19(25)22-11-13-2-1-3-16(21)10-13/h1-10,12H,11H2,(H,22,25). The summed E-state index contributed by atoms with van der Waals surface area (Å²) in [6, 6.07) is 14.0. The van der Waals surface area contributed by atoms with Crippen molar-refractivity contribution in [3.63, 3.8) is 0 Å². The summed E-state index contributed by atoms with van der Waals surface area (Å²) in [6.07, 6.45) is 1.39. The van der Waals surface area contributed by atoms with Gasteiger partial charge >= 0.3 is 0 Å². The summed E-state index contributed by atoms with van der Waals surface area (Å²) < 4.78 is 27.4. The van der Waals surface area contributed by atoms with Gasteiger partial charge in [-0.15, -0.1) is 0 Å². The number of carbonyl (C=O) groups is 1. The lowest BCUT2D eigenvalue weighted by Crippen LogP contribution is -2.25. The van der Waals surface area contributed by atoms with Gasteiger partial charge in [0.2, 0.25) is 0 Å². The highest BCUT2D eigenvalue weighted by Gasteiger charge is 2.09. The van der Waals surface area contributed by atoms with Gasteiger partial charge in [0.1, 0.15) is 11.6 Å². The zero-order valence-electron chi connectivity index (χ0n) is 13.1. The molecule has 0 unspecified atom stereocenters. The average molecular weight is 340 g/mol. The molecule has 1 amide bonds. The lowest BCUT2D eigenvalue weighted by molar-refractivity contribution is 0.0950. The van der Waals surface area contributed by atoms with Crippen LogP contribution in [0.4, 0.5) is 8.78 Å². The molecular formula is C19H14F2N2O2. The normalized spacial score (nSPS) is 10.5. The topological polar surface area (TPSA) is 51.1 Å². The maximum atomic E-state index is 13.2. The summed E-state index contributed by atoms with van der Waals surface area (Å²) in [6.45, 7) is 0.159. The first kappa shape index (κ1) is 16.6. The smallest absolute Gasteiger partial charge is 0.255 e. The van der Waals surface area contributed by atoms with Crippen LogP contribution in [0.3, 0.4) is 0 Å². The molecule has 126 valence electrons. The molecule has 0 saturated heterocycles. The Labute approximate surface area is 142 Å². The van der Waals surface area contributed by atoms with E-state index in [1.807, 2.05) is 0 Å². The minimum absolute atomic E-state index is 0.159. The largest absolute Gasteiger partial charge is 0.348 e. The van der Waals surface area contributed by atoms with E-state index in [0.717, 1.165) is 0 Å². The molecular weight excluding hydrogens is 326 g/mol. The lowest BCUT2D eigenvalue weighted by Gasteiger charge is -2.09. The lowest BCUT2D eigenvalue weighted by atomic mass is 10.2. The predicted molar refractivity (Wildman–Crippen MR) is 89.6 cm³/mol. The summed E-state index contributed by atoms with van der Waals surface area (Å²) in [4.78, 5) is 24.3. The Bertz CT molecular complexity index is 966. The third-order valence-electron chi connectivity index (χ3n) is 3.62. The fourth-order valence-corrected chi connectivity index (χ4v) is 2.36. The number of amides is 1. The van der Waals surface area contributed by atoms with E-state index in [1.54, 1.807) is 12.1 Å². The van der Waals surface area contributed by atoms with Crippen molar-refractivity contribution < 1.29 is 13.6 Å². The number of aromatic nitrogens is 1. The van der Waals surface area contributed by atoms with Crippen LogP contribution in [0.2, 0.25) is 0 Å². The van der Waals surface area contributed by atoms with Gasteiger partial charge < -0.3 is 5.32 Å².